The van der Waals surface area contributed by atoms with Gasteiger partial charge in [0.25, 0.3) is 5.91 Å². The minimum Gasteiger partial charge on any atom is -0.491 e. The number of carbonyl (C=O) groups is 1. The Kier molecular flexibility index (Phi) is 3.08. The summed E-state index contributed by atoms with van der Waals surface area (Å²) in [4.78, 5) is 13.9. The zero-order valence-corrected chi connectivity index (χ0v) is 10.5. The molecular weight excluding hydrogens is 273 g/mol. The van der Waals surface area contributed by atoms with Crippen LogP contribution in [0.25, 0.3) is 0 Å². The molecule has 0 radical (unpaired) electrons. The van der Waals surface area contributed by atoms with Crippen molar-refractivity contribution < 1.29 is 22.7 Å². The standard InChI is InChI=1S/C13H13F3N2O2/c14-13(15,16)9-2-1-3-10-11(9)12(19)18-5-4-17-6-8(18)7-20-10/h1-3,8,17H,4-7H2. The minimum absolute atomic E-state index is 0.0132. The van der Waals surface area contributed by atoms with Gasteiger partial charge in [-0.25, -0.2) is 0 Å². The zero-order chi connectivity index (χ0) is 14.3. The third kappa shape index (κ3) is 2.11. The van der Waals surface area contributed by atoms with Crippen molar-refractivity contribution in [2.75, 3.05) is 26.2 Å². The van der Waals surface area contributed by atoms with Crippen molar-refractivity contribution in [1.29, 1.82) is 0 Å². The van der Waals surface area contributed by atoms with Crippen LogP contribution in [0, 0.1) is 0 Å². The predicted molar refractivity (Wildman–Crippen MR) is 64.6 cm³/mol. The van der Waals surface area contributed by atoms with Gasteiger partial charge in [-0.3, -0.25) is 4.79 Å². The van der Waals surface area contributed by atoms with E-state index in [1.165, 1.54) is 17.0 Å². The second-order valence-electron chi connectivity index (χ2n) is 4.84. The average molecular weight is 286 g/mol. The largest absolute Gasteiger partial charge is 0.491 e. The Bertz CT molecular complexity index is 545. The zero-order valence-electron chi connectivity index (χ0n) is 10.5. The first-order valence-electron chi connectivity index (χ1n) is 6.33. The molecule has 0 spiro atoms. The summed E-state index contributed by atoms with van der Waals surface area (Å²) in [6, 6.07) is 3.36. The number of nitrogens with one attached hydrogen (secondary N) is 1. The van der Waals surface area contributed by atoms with E-state index in [1.807, 2.05) is 0 Å². The number of hydrogen-bond donors (Lipinski definition) is 1. The van der Waals surface area contributed by atoms with Crippen molar-refractivity contribution in [3.63, 3.8) is 0 Å². The van der Waals surface area contributed by atoms with Crippen LogP contribution in [0.5, 0.6) is 5.75 Å². The summed E-state index contributed by atoms with van der Waals surface area (Å²) < 4.78 is 44.6. The number of ether oxygens (including phenoxy) is 1. The van der Waals surface area contributed by atoms with Gasteiger partial charge in [0.05, 0.1) is 17.2 Å². The van der Waals surface area contributed by atoms with Crippen molar-refractivity contribution >= 4 is 5.91 Å². The number of benzene rings is 1. The van der Waals surface area contributed by atoms with Crippen molar-refractivity contribution in [1.82, 2.24) is 10.2 Å². The Balaban J connectivity index is 2.10. The van der Waals surface area contributed by atoms with Crippen molar-refractivity contribution in [3.05, 3.63) is 29.3 Å². The molecule has 3 rings (SSSR count). The summed E-state index contributed by atoms with van der Waals surface area (Å²) in [7, 11) is 0. The number of hydrogen-bond acceptors (Lipinski definition) is 3. The molecule has 0 aliphatic carbocycles. The van der Waals surface area contributed by atoms with E-state index in [4.69, 9.17) is 4.74 Å². The fourth-order valence-corrected chi connectivity index (χ4v) is 2.62. The second-order valence-corrected chi connectivity index (χ2v) is 4.84. The lowest BCUT2D eigenvalue weighted by atomic mass is 10.0. The fraction of sp³-hybridized carbons (Fsp3) is 0.462. The number of nitrogens with zero attached hydrogens (tertiary/aromatic N) is 1. The number of fused-ring (bicyclic) bond motifs is 2. The van der Waals surface area contributed by atoms with Crippen LogP contribution in [0.4, 0.5) is 13.2 Å². The van der Waals surface area contributed by atoms with Gasteiger partial charge in [-0.05, 0) is 12.1 Å². The van der Waals surface area contributed by atoms with Crippen LogP contribution in [0.2, 0.25) is 0 Å². The summed E-state index contributed by atoms with van der Waals surface area (Å²) in [6.07, 6.45) is -4.57. The predicted octanol–water partition coefficient (Wildman–Crippen LogP) is 1.51. The van der Waals surface area contributed by atoms with Gasteiger partial charge in [-0.15, -0.1) is 0 Å². The summed E-state index contributed by atoms with van der Waals surface area (Å²) >= 11 is 0. The molecule has 1 atom stereocenters. The second kappa shape index (κ2) is 4.66. The first kappa shape index (κ1) is 13.2. The lowest BCUT2D eigenvalue weighted by Crippen LogP contribution is -2.55. The molecule has 1 aromatic rings. The van der Waals surface area contributed by atoms with Gasteiger partial charge >= 0.3 is 6.18 Å². The maximum Gasteiger partial charge on any atom is 0.417 e. The highest BCUT2D eigenvalue weighted by atomic mass is 19.4. The average Bonchev–Trinajstić information content (AvgIpc) is 2.56. The Hall–Kier alpha value is -1.76. The SMILES string of the molecule is O=C1c2c(cccc2C(F)(F)F)OCC2CNCCN12. The Morgan fingerprint density at radius 3 is 2.90 bits per heavy atom. The van der Waals surface area contributed by atoms with E-state index in [2.05, 4.69) is 5.32 Å². The lowest BCUT2D eigenvalue weighted by molar-refractivity contribution is -0.138. The smallest absolute Gasteiger partial charge is 0.417 e. The first-order valence-corrected chi connectivity index (χ1v) is 6.33. The molecule has 1 amide bonds. The molecule has 2 aliphatic heterocycles. The van der Waals surface area contributed by atoms with E-state index in [0.717, 1.165) is 6.07 Å². The Labute approximate surface area is 113 Å². The number of carbonyl (C=O) groups excluding carboxylic acids is 1. The van der Waals surface area contributed by atoms with Gasteiger partial charge in [0.15, 0.2) is 0 Å². The van der Waals surface area contributed by atoms with Crippen LogP contribution >= 0.6 is 0 Å². The van der Waals surface area contributed by atoms with Crippen LogP contribution in [0.3, 0.4) is 0 Å². The molecular formula is C13H13F3N2O2. The first-order chi connectivity index (χ1) is 9.48. The van der Waals surface area contributed by atoms with Gasteiger partial charge in [0.1, 0.15) is 12.4 Å². The molecule has 1 fully saturated rings. The van der Waals surface area contributed by atoms with Crippen LogP contribution in [0.15, 0.2) is 18.2 Å². The topological polar surface area (TPSA) is 41.6 Å². The molecule has 2 aliphatic rings. The molecule has 0 aromatic heterocycles. The summed E-state index contributed by atoms with van der Waals surface area (Å²) in [5.74, 6) is -0.587. The fourth-order valence-electron chi connectivity index (χ4n) is 2.62. The number of amides is 1. The quantitative estimate of drug-likeness (QED) is 0.786. The van der Waals surface area contributed by atoms with E-state index >= 15 is 0 Å². The molecule has 1 unspecified atom stereocenters. The number of piperazine rings is 1. The molecule has 0 saturated carbocycles. The maximum atomic E-state index is 13.1. The number of halogens is 3. The highest BCUT2D eigenvalue weighted by molar-refractivity contribution is 5.99. The normalized spacial score (nSPS) is 22.6. The third-order valence-corrected chi connectivity index (χ3v) is 3.59. The lowest BCUT2D eigenvalue weighted by Gasteiger charge is -2.34. The van der Waals surface area contributed by atoms with Gasteiger partial charge in [0, 0.05) is 19.6 Å². The van der Waals surface area contributed by atoms with E-state index in [0.29, 0.717) is 19.6 Å². The minimum atomic E-state index is -4.57. The number of rotatable bonds is 0. The van der Waals surface area contributed by atoms with E-state index < -0.39 is 17.6 Å². The monoisotopic (exact) mass is 286 g/mol. The van der Waals surface area contributed by atoms with E-state index in [9.17, 15) is 18.0 Å². The third-order valence-electron chi connectivity index (χ3n) is 3.59. The maximum absolute atomic E-state index is 13.1. The van der Waals surface area contributed by atoms with Gasteiger partial charge in [-0.2, -0.15) is 13.2 Å². The van der Waals surface area contributed by atoms with E-state index in [1.54, 1.807) is 0 Å². The van der Waals surface area contributed by atoms with Crippen molar-refractivity contribution in [2.24, 2.45) is 0 Å². The van der Waals surface area contributed by atoms with Crippen LogP contribution in [-0.4, -0.2) is 43.1 Å². The number of alkyl halides is 3. The van der Waals surface area contributed by atoms with Gasteiger partial charge in [-0.1, -0.05) is 6.07 Å². The molecule has 20 heavy (non-hydrogen) atoms. The highest BCUT2D eigenvalue weighted by Crippen LogP contribution is 2.38. The Morgan fingerprint density at radius 1 is 1.35 bits per heavy atom. The van der Waals surface area contributed by atoms with Crippen molar-refractivity contribution in [3.8, 4) is 5.75 Å². The van der Waals surface area contributed by atoms with Gasteiger partial charge in [0.2, 0.25) is 0 Å². The molecule has 2 heterocycles. The molecule has 4 nitrogen and oxygen atoms in total. The molecule has 108 valence electrons. The van der Waals surface area contributed by atoms with Gasteiger partial charge < -0.3 is 15.0 Å². The molecule has 7 heteroatoms. The van der Waals surface area contributed by atoms with Crippen LogP contribution in [-0.2, 0) is 6.18 Å². The molecule has 0 bridgehead atoms. The van der Waals surface area contributed by atoms with E-state index in [-0.39, 0.29) is 24.0 Å². The summed E-state index contributed by atoms with van der Waals surface area (Å²) in [5, 5.41) is 3.11. The highest BCUT2D eigenvalue weighted by Gasteiger charge is 2.41. The molecule has 1 N–H and O–H groups in total. The molecule has 1 aromatic carbocycles. The summed E-state index contributed by atoms with van der Waals surface area (Å²) in [5.41, 5.74) is -1.30. The molecule has 1 saturated heterocycles. The van der Waals surface area contributed by atoms with Crippen molar-refractivity contribution in [2.45, 2.75) is 12.2 Å². The summed E-state index contributed by atoms with van der Waals surface area (Å²) in [6.45, 7) is 1.69. The van der Waals surface area contributed by atoms with Crippen LogP contribution in [0.1, 0.15) is 15.9 Å². The Morgan fingerprint density at radius 2 is 2.15 bits per heavy atom. The van der Waals surface area contributed by atoms with Crippen LogP contribution < -0.4 is 10.1 Å².